The third-order valence-electron chi connectivity index (χ3n) is 4.47. The molecular weight excluding hydrogens is 354 g/mol. The highest BCUT2D eigenvalue weighted by atomic mass is 16.6. The minimum atomic E-state index is -0.949. The average molecular weight is 379 g/mol. The highest BCUT2D eigenvalue weighted by Crippen LogP contribution is 2.22. The molecule has 0 fully saturated rings. The maximum Gasteiger partial charge on any atom is 0.322 e. The number of hydrogen-bond donors (Lipinski definition) is 2. The highest BCUT2D eigenvalue weighted by Gasteiger charge is 2.09. The van der Waals surface area contributed by atoms with E-state index >= 15 is 0 Å². The Morgan fingerprint density at radius 2 is 1.75 bits per heavy atom. The third kappa shape index (κ3) is 5.81. The zero-order valence-electron chi connectivity index (χ0n) is 15.9. The van der Waals surface area contributed by atoms with Crippen LogP contribution < -0.4 is 10.2 Å². The molecule has 0 bridgehead atoms. The van der Waals surface area contributed by atoms with Crippen molar-refractivity contribution < 1.29 is 19.5 Å². The van der Waals surface area contributed by atoms with E-state index in [4.69, 9.17) is 14.7 Å². The standard InChI is InChI=1S/C23H25NO4/c1-17(23(25)26)24-28-16-19-9-10-21-15-22(12-11-20(21)14-19)27-13-5-8-18-6-3-2-4-7-18/h2-4,6-7,9-12,14-15,17,24H,5,8,13,16H2,1H3,(H,25,26)/t17-/m0/s1. The summed E-state index contributed by atoms with van der Waals surface area (Å²) in [4.78, 5) is 16.0. The molecule has 0 spiro atoms. The van der Waals surface area contributed by atoms with Crippen LogP contribution in [-0.2, 0) is 22.7 Å². The van der Waals surface area contributed by atoms with E-state index in [1.54, 1.807) is 0 Å². The average Bonchev–Trinajstić information content (AvgIpc) is 2.71. The number of fused-ring (bicyclic) bond motifs is 1. The van der Waals surface area contributed by atoms with Crippen LogP contribution in [0.15, 0.2) is 66.7 Å². The Morgan fingerprint density at radius 1 is 1.00 bits per heavy atom. The lowest BCUT2D eigenvalue weighted by Crippen LogP contribution is -2.33. The van der Waals surface area contributed by atoms with Gasteiger partial charge in [-0.25, -0.2) is 0 Å². The van der Waals surface area contributed by atoms with Gasteiger partial charge in [-0.2, -0.15) is 5.48 Å². The van der Waals surface area contributed by atoms with Crippen LogP contribution in [0.1, 0.15) is 24.5 Å². The number of hydrogen-bond acceptors (Lipinski definition) is 4. The molecule has 3 aromatic rings. The number of nitrogens with one attached hydrogen (secondary N) is 1. The number of carboxylic acid groups (broad SMARTS) is 1. The lowest BCUT2D eigenvalue weighted by Gasteiger charge is -2.11. The second kappa shape index (κ2) is 9.88. The summed E-state index contributed by atoms with van der Waals surface area (Å²) in [6, 6.07) is 21.7. The number of carbonyl (C=O) groups is 1. The molecule has 5 heteroatoms. The van der Waals surface area contributed by atoms with Crippen LogP contribution >= 0.6 is 0 Å². The number of benzene rings is 3. The van der Waals surface area contributed by atoms with Gasteiger partial charge in [-0.15, -0.1) is 0 Å². The van der Waals surface area contributed by atoms with Gasteiger partial charge in [0.2, 0.25) is 0 Å². The Bertz CT molecular complexity index is 911. The lowest BCUT2D eigenvalue weighted by atomic mass is 10.1. The molecule has 3 aromatic carbocycles. The second-order valence-corrected chi connectivity index (χ2v) is 6.75. The molecule has 0 amide bonds. The van der Waals surface area contributed by atoms with Crippen molar-refractivity contribution in [3.63, 3.8) is 0 Å². The van der Waals surface area contributed by atoms with Crippen molar-refractivity contribution in [1.29, 1.82) is 0 Å². The van der Waals surface area contributed by atoms with Crippen molar-refractivity contribution in [3.05, 3.63) is 77.9 Å². The smallest absolute Gasteiger partial charge is 0.322 e. The van der Waals surface area contributed by atoms with E-state index in [1.807, 2.05) is 42.5 Å². The first-order valence-corrected chi connectivity index (χ1v) is 9.41. The van der Waals surface area contributed by atoms with E-state index in [1.165, 1.54) is 12.5 Å². The Kier molecular flexibility index (Phi) is 7.00. The van der Waals surface area contributed by atoms with Crippen LogP contribution in [0.5, 0.6) is 5.75 Å². The van der Waals surface area contributed by atoms with Crippen molar-refractivity contribution in [2.45, 2.75) is 32.4 Å². The van der Waals surface area contributed by atoms with E-state index in [9.17, 15) is 4.79 Å². The minimum Gasteiger partial charge on any atom is -0.494 e. The van der Waals surface area contributed by atoms with Gasteiger partial charge in [-0.3, -0.25) is 9.63 Å². The predicted octanol–water partition coefficient (Wildman–Crippen LogP) is 4.35. The Hall–Kier alpha value is -2.89. The van der Waals surface area contributed by atoms with Crippen molar-refractivity contribution in [2.75, 3.05) is 6.61 Å². The number of ether oxygens (including phenoxy) is 1. The summed E-state index contributed by atoms with van der Waals surface area (Å²) >= 11 is 0. The highest BCUT2D eigenvalue weighted by molar-refractivity contribution is 5.84. The molecule has 0 aromatic heterocycles. The van der Waals surface area contributed by atoms with Crippen LogP contribution in [0, 0.1) is 0 Å². The number of carboxylic acids is 1. The van der Waals surface area contributed by atoms with Gasteiger partial charge in [0.25, 0.3) is 0 Å². The molecule has 28 heavy (non-hydrogen) atoms. The van der Waals surface area contributed by atoms with Gasteiger partial charge >= 0.3 is 5.97 Å². The molecule has 0 saturated heterocycles. The fourth-order valence-corrected chi connectivity index (χ4v) is 2.86. The molecule has 0 aliphatic carbocycles. The Morgan fingerprint density at radius 3 is 2.54 bits per heavy atom. The summed E-state index contributed by atoms with van der Waals surface area (Å²) in [5.41, 5.74) is 4.80. The van der Waals surface area contributed by atoms with Crippen molar-refractivity contribution >= 4 is 16.7 Å². The normalized spacial score (nSPS) is 12.0. The summed E-state index contributed by atoms with van der Waals surface area (Å²) in [6.07, 6.45) is 1.98. The van der Waals surface area contributed by atoms with E-state index in [0.717, 1.165) is 34.9 Å². The Balaban J connectivity index is 1.50. The molecule has 0 radical (unpaired) electrons. The predicted molar refractivity (Wildman–Crippen MR) is 109 cm³/mol. The monoisotopic (exact) mass is 379 g/mol. The van der Waals surface area contributed by atoms with Crippen molar-refractivity contribution in [2.24, 2.45) is 0 Å². The molecule has 0 saturated carbocycles. The van der Waals surface area contributed by atoms with Gasteiger partial charge in [0.15, 0.2) is 0 Å². The van der Waals surface area contributed by atoms with Crippen LogP contribution in [0.4, 0.5) is 0 Å². The van der Waals surface area contributed by atoms with E-state index in [0.29, 0.717) is 13.2 Å². The first-order chi connectivity index (χ1) is 13.6. The number of aliphatic carboxylic acids is 1. The first kappa shape index (κ1) is 19.9. The van der Waals surface area contributed by atoms with Gasteiger partial charge in [0.1, 0.15) is 11.8 Å². The van der Waals surface area contributed by atoms with Gasteiger partial charge in [0.05, 0.1) is 13.2 Å². The SMILES string of the molecule is C[C@H](NOCc1ccc2cc(OCCCc3ccccc3)ccc2c1)C(=O)O. The van der Waals surface area contributed by atoms with E-state index in [2.05, 4.69) is 29.7 Å². The van der Waals surface area contributed by atoms with E-state index in [-0.39, 0.29) is 0 Å². The first-order valence-electron chi connectivity index (χ1n) is 9.41. The third-order valence-corrected chi connectivity index (χ3v) is 4.47. The molecule has 146 valence electrons. The summed E-state index contributed by atoms with van der Waals surface area (Å²) < 4.78 is 5.89. The van der Waals surface area contributed by atoms with E-state index < -0.39 is 12.0 Å². The summed E-state index contributed by atoms with van der Waals surface area (Å²) in [5, 5.41) is 11.0. The number of hydroxylamine groups is 1. The topological polar surface area (TPSA) is 67.8 Å². The molecule has 0 heterocycles. The molecule has 2 N–H and O–H groups in total. The van der Waals surface area contributed by atoms with Crippen molar-refractivity contribution in [3.8, 4) is 5.75 Å². The van der Waals surface area contributed by atoms with Crippen LogP contribution in [-0.4, -0.2) is 23.7 Å². The summed E-state index contributed by atoms with van der Waals surface area (Å²) in [6.45, 7) is 2.51. The lowest BCUT2D eigenvalue weighted by molar-refractivity contribution is -0.143. The molecule has 1 atom stereocenters. The molecule has 5 nitrogen and oxygen atoms in total. The minimum absolute atomic E-state index is 0.297. The maximum absolute atomic E-state index is 10.8. The molecule has 0 unspecified atom stereocenters. The van der Waals surface area contributed by atoms with Gasteiger partial charge < -0.3 is 9.84 Å². The summed E-state index contributed by atoms with van der Waals surface area (Å²) in [7, 11) is 0. The van der Waals surface area contributed by atoms with Crippen LogP contribution in [0.25, 0.3) is 10.8 Å². The summed E-state index contributed by atoms with van der Waals surface area (Å²) in [5.74, 6) is -0.0867. The van der Waals surface area contributed by atoms with Gasteiger partial charge in [-0.05, 0) is 59.9 Å². The Labute approximate surface area is 164 Å². The van der Waals surface area contributed by atoms with Crippen molar-refractivity contribution in [1.82, 2.24) is 5.48 Å². The van der Waals surface area contributed by atoms with Gasteiger partial charge in [0, 0.05) is 0 Å². The largest absolute Gasteiger partial charge is 0.494 e. The van der Waals surface area contributed by atoms with Crippen LogP contribution in [0.2, 0.25) is 0 Å². The molecular formula is C23H25NO4. The second-order valence-electron chi connectivity index (χ2n) is 6.75. The number of aryl methyl sites for hydroxylation is 1. The maximum atomic E-state index is 10.8. The molecule has 0 aliphatic heterocycles. The zero-order valence-corrected chi connectivity index (χ0v) is 15.9. The fraction of sp³-hybridized carbons (Fsp3) is 0.261. The van der Waals surface area contributed by atoms with Crippen LogP contribution in [0.3, 0.4) is 0 Å². The molecule has 3 rings (SSSR count). The number of rotatable bonds is 10. The molecule has 0 aliphatic rings. The fourth-order valence-electron chi connectivity index (χ4n) is 2.86. The van der Waals surface area contributed by atoms with Gasteiger partial charge in [-0.1, -0.05) is 48.5 Å². The zero-order chi connectivity index (χ0) is 19.8. The quantitative estimate of drug-likeness (QED) is 0.405.